The first-order valence-corrected chi connectivity index (χ1v) is 12.6. The first kappa shape index (κ1) is 23.5. The van der Waals surface area contributed by atoms with Crippen molar-refractivity contribution in [1.82, 2.24) is 0 Å². The maximum Gasteiger partial charge on any atom is 0.136 e. The van der Waals surface area contributed by atoms with E-state index in [-0.39, 0.29) is 13.2 Å². The average molecular weight is 473 g/mol. The summed E-state index contributed by atoms with van der Waals surface area (Å²) in [5.41, 5.74) is 1.71. The molecule has 0 aliphatic carbocycles. The third-order valence-corrected chi connectivity index (χ3v) is 6.56. The predicted octanol–water partition coefficient (Wildman–Crippen LogP) is 6.98. The van der Waals surface area contributed by atoms with E-state index < -0.39 is 0 Å². The Morgan fingerprint density at radius 3 is 1.46 bits per heavy atom. The van der Waals surface area contributed by atoms with Gasteiger partial charge in [-0.15, -0.1) is 0 Å². The van der Waals surface area contributed by atoms with E-state index in [1.807, 2.05) is 36.4 Å². The number of hydrogen-bond acceptors (Lipinski definition) is 5. The predicted molar refractivity (Wildman–Crippen MR) is 142 cm³/mol. The summed E-state index contributed by atoms with van der Waals surface area (Å²) in [6.07, 6.45) is 5.36. The van der Waals surface area contributed by atoms with Crippen LogP contribution < -0.4 is 9.47 Å². The highest BCUT2D eigenvalue weighted by atomic mass is 16.5. The molecule has 4 aromatic carbocycles. The number of unbranched alkanes of at least 4 members (excludes halogenated alkanes) is 4. The smallest absolute Gasteiger partial charge is 0.136 e. The number of furan rings is 1. The monoisotopic (exact) mass is 472 g/mol. The molecule has 1 aromatic heterocycles. The third kappa shape index (κ3) is 4.79. The summed E-state index contributed by atoms with van der Waals surface area (Å²) < 4.78 is 18.5. The van der Waals surface area contributed by atoms with Crippen molar-refractivity contribution in [1.29, 1.82) is 0 Å². The van der Waals surface area contributed by atoms with Crippen molar-refractivity contribution >= 4 is 43.5 Å². The van der Waals surface area contributed by atoms with Crippen molar-refractivity contribution < 1.29 is 24.1 Å². The molecule has 0 unspecified atom stereocenters. The zero-order valence-electron chi connectivity index (χ0n) is 20.0. The van der Waals surface area contributed by atoms with E-state index in [2.05, 4.69) is 24.3 Å². The van der Waals surface area contributed by atoms with Crippen LogP contribution in [-0.4, -0.2) is 36.6 Å². The Hall–Kier alpha value is -3.28. The Bertz CT molecular complexity index is 1330. The summed E-state index contributed by atoms with van der Waals surface area (Å²) in [4.78, 5) is 0. The van der Waals surface area contributed by atoms with Crippen molar-refractivity contribution in [3.05, 3.63) is 60.7 Å². The molecule has 0 aliphatic heterocycles. The zero-order valence-corrected chi connectivity index (χ0v) is 20.0. The molecule has 35 heavy (non-hydrogen) atoms. The highest BCUT2D eigenvalue weighted by molar-refractivity contribution is 6.27. The van der Waals surface area contributed by atoms with Gasteiger partial charge < -0.3 is 24.1 Å². The second-order valence-electron chi connectivity index (χ2n) is 8.95. The molecule has 5 aromatic rings. The summed E-state index contributed by atoms with van der Waals surface area (Å²) >= 11 is 0. The molecule has 0 bridgehead atoms. The van der Waals surface area contributed by atoms with Crippen LogP contribution in [0.3, 0.4) is 0 Å². The molecule has 0 saturated carbocycles. The van der Waals surface area contributed by atoms with Crippen LogP contribution in [-0.2, 0) is 0 Å². The Labute approximate surface area is 204 Å². The van der Waals surface area contributed by atoms with Gasteiger partial charge in [-0.1, -0.05) is 24.3 Å². The molecule has 5 heteroatoms. The van der Waals surface area contributed by atoms with Gasteiger partial charge in [-0.25, -0.2) is 0 Å². The van der Waals surface area contributed by atoms with Gasteiger partial charge in [0.05, 0.1) is 13.2 Å². The number of fused-ring (bicyclic) bond motifs is 7. The van der Waals surface area contributed by atoms with Crippen molar-refractivity contribution in [2.45, 2.75) is 38.5 Å². The molecule has 0 radical (unpaired) electrons. The standard InChI is InChI=1S/C30H32O5/c31-17-3-1-5-19-33-25-11-7-9-23-21(25)13-15-27-29(23)30-24-10-8-12-26(34-20-6-2-4-18-32)22(24)14-16-28(30)35-27/h7-16,31-32H,1-6,17-20H2. The second-order valence-corrected chi connectivity index (χ2v) is 8.95. The van der Waals surface area contributed by atoms with Crippen LogP contribution in [0.2, 0.25) is 0 Å². The number of aliphatic hydroxyl groups excluding tert-OH is 2. The molecule has 0 atom stereocenters. The quantitative estimate of drug-likeness (QED) is 0.192. The topological polar surface area (TPSA) is 72.1 Å². The van der Waals surface area contributed by atoms with Crippen LogP contribution in [0.15, 0.2) is 65.1 Å². The lowest BCUT2D eigenvalue weighted by molar-refractivity contribution is 0.266. The van der Waals surface area contributed by atoms with Gasteiger partial charge in [-0.2, -0.15) is 0 Å². The van der Waals surface area contributed by atoms with E-state index in [0.717, 1.165) is 93.5 Å². The normalized spacial score (nSPS) is 11.7. The number of ether oxygens (including phenoxy) is 2. The van der Waals surface area contributed by atoms with Crippen LogP contribution in [0.25, 0.3) is 43.5 Å². The highest BCUT2D eigenvalue weighted by Crippen LogP contribution is 2.42. The molecule has 5 rings (SSSR count). The Morgan fingerprint density at radius 1 is 0.514 bits per heavy atom. The molecule has 2 N–H and O–H groups in total. The number of rotatable bonds is 12. The fourth-order valence-corrected chi connectivity index (χ4v) is 4.82. The largest absolute Gasteiger partial charge is 0.493 e. The summed E-state index contributed by atoms with van der Waals surface area (Å²) in [6, 6.07) is 20.6. The van der Waals surface area contributed by atoms with E-state index in [4.69, 9.17) is 24.1 Å². The molecular weight excluding hydrogens is 440 g/mol. The molecule has 0 aliphatic rings. The van der Waals surface area contributed by atoms with Crippen molar-refractivity contribution in [3.63, 3.8) is 0 Å². The second kappa shape index (κ2) is 11.0. The molecule has 0 saturated heterocycles. The van der Waals surface area contributed by atoms with Gasteiger partial charge in [0.2, 0.25) is 0 Å². The maximum atomic E-state index is 8.99. The van der Waals surface area contributed by atoms with Gasteiger partial charge in [-0.05, 0) is 85.7 Å². The number of aliphatic hydroxyl groups is 2. The summed E-state index contributed by atoms with van der Waals surface area (Å²) in [5.74, 6) is 1.74. The first-order chi connectivity index (χ1) is 17.3. The van der Waals surface area contributed by atoms with E-state index >= 15 is 0 Å². The number of benzene rings is 4. The van der Waals surface area contributed by atoms with Crippen LogP contribution in [0, 0.1) is 0 Å². The van der Waals surface area contributed by atoms with E-state index in [9.17, 15) is 0 Å². The summed E-state index contributed by atoms with van der Waals surface area (Å²) in [7, 11) is 0. The summed E-state index contributed by atoms with van der Waals surface area (Å²) in [5, 5.41) is 24.5. The SMILES string of the molecule is OCCCCCOc1cccc2c1ccc1oc3ccc4c(OCCCCCO)cccc4c3c12. The van der Waals surface area contributed by atoms with Crippen molar-refractivity contribution in [3.8, 4) is 11.5 Å². The molecule has 0 fully saturated rings. The molecule has 182 valence electrons. The fourth-order valence-electron chi connectivity index (χ4n) is 4.82. The molecule has 0 spiro atoms. The van der Waals surface area contributed by atoms with Gasteiger partial charge >= 0.3 is 0 Å². The van der Waals surface area contributed by atoms with Crippen molar-refractivity contribution in [2.24, 2.45) is 0 Å². The highest BCUT2D eigenvalue weighted by Gasteiger charge is 2.16. The lowest BCUT2D eigenvalue weighted by atomic mass is 9.99. The molecule has 0 amide bonds. The van der Waals surface area contributed by atoms with E-state index in [1.165, 1.54) is 0 Å². The van der Waals surface area contributed by atoms with Gasteiger partial charge in [0.25, 0.3) is 0 Å². The minimum absolute atomic E-state index is 0.226. The van der Waals surface area contributed by atoms with Gasteiger partial charge in [0.15, 0.2) is 0 Å². The number of hydrogen-bond donors (Lipinski definition) is 2. The molecule has 5 nitrogen and oxygen atoms in total. The Morgan fingerprint density at radius 2 is 1.00 bits per heavy atom. The van der Waals surface area contributed by atoms with Gasteiger partial charge in [-0.3, -0.25) is 0 Å². The van der Waals surface area contributed by atoms with Crippen LogP contribution in [0.5, 0.6) is 11.5 Å². The third-order valence-electron chi connectivity index (χ3n) is 6.56. The van der Waals surface area contributed by atoms with E-state index in [0.29, 0.717) is 13.2 Å². The minimum atomic E-state index is 0.226. The zero-order chi connectivity index (χ0) is 24.0. The minimum Gasteiger partial charge on any atom is -0.493 e. The molecule has 1 heterocycles. The van der Waals surface area contributed by atoms with Gasteiger partial charge in [0, 0.05) is 34.8 Å². The van der Waals surface area contributed by atoms with E-state index in [1.54, 1.807) is 0 Å². The Kier molecular flexibility index (Phi) is 7.36. The van der Waals surface area contributed by atoms with Crippen molar-refractivity contribution in [2.75, 3.05) is 26.4 Å². The van der Waals surface area contributed by atoms with Crippen LogP contribution in [0.4, 0.5) is 0 Å². The fraction of sp³-hybridized carbons (Fsp3) is 0.333. The van der Waals surface area contributed by atoms with Crippen LogP contribution in [0.1, 0.15) is 38.5 Å². The first-order valence-electron chi connectivity index (χ1n) is 12.6. The van der Waals surface area contributed by atoms with Gasteiger partial charge in [0.1, 0.15) is 22.7 Å². The lowest BCUT2D eigenvalue weighted by Crippen LogP contribution is -1.98. The average Bonchev–Trinajstić information content (AvgIpc) is 3.28. The lowest BCUT2D eigenvalue weighted by Gasteiger charge is -2.11. The molecular formula is C30H32O5. The Balaban J connectivity index is 1.55. The summed E-state index contributed by atoms with van der Waals surface area (Å²) in [6.45, 7) is 1.71. The maximum absolute atomic E-state index is 8.99. The van der Waals surface area contributed by atoms with Crippen LogP contribution >= 0.6 is 0 Å².